The number of aromatic nitrogens is 2. The van der Waals surface area contributed by atoms with E-state index in [-0.39, 0.29) is 27.5 Å². The van der Waals surface area contributed by atoms with Gasteiger partial charge in [0.15, 0.2) is 5.78 Å². The summed E-state index contributed by atoms with van der Waals surface area (Å²) >= 11 is 1.11. The molecule has 0 aliphatic carbocycles. The average molecular weight is 462 g/mol. The molecule has 0 aliphatic heterocycles. The van der Waals surface area contributed by atoms with Crippen LogP contribution >= 0.6 is 11.8 Å². The average Bonchev–Trinajstić information content (AvgIpc) is 3.27. The van der Waals surface area contributed by atoms with Gasteiger partial charge in [0.05, 0.1) is 23.3 Å². The van der Waals surface area contributed by atoms with Crippen molar-refractivity contribution in [2.45, 2.75) is 24.0 Å². The summed E-state index contributed by atoms with van der Waals surface area (Å²) in [4.78, 5) is 12.6. The number of sulfonamides is 1. The highest BCUT2D eigenvalue weighted by Crippen LogP contribution is 2.27. The summed E-state index contributed by atoms with van der Waals surface area (Å²) in [5.74, 6) is 0.655. The Hall–Kier alpha value is -2.69. The Morgan fingerprint density at radius 1 is 1.10 bits per heavy atom. The summed E-state index contributed by atoms with van der Waals surface area (Å²) in [5, 5.41) is 8.18. The van der Waals surface area contributed by atoms with E-state index in [0.29, 0.717) is 30.0 Å². The number of Topliss-reactive ketones (excluding diaryl/α,β-unsaturated/α-hetero) is 1. The Balaban J connectivity index is 1.75. The number of thioether (sulfide) groups is 1. The third-order valence-corrected chi connectivity index (χ3v) is 7.43. The van der Waals surface area contributed by atoms with Crippen LogP contribution in [-0.4, -0.2) is 54.7 Å². The highest BCUT2D eigenvalue weighted by molar-refractivity contribution is 7.99. The Bertz CT molecular complexity index is 1160. The lowest BCUT2D eigenvalue weighted by Gasteiger charge is -2.18. The van der Waals surface area contributed by atoms with E-state index in [4.69, 9.17) is 9.15 Å². The molecule has 0 atom stereocenters. The maximum atomic E-state index is 12.8. The molecule has 2 aromatic carbocycles. The molecule has 8 nitrogen and oxygen atoms in total. The topological polar surface area (TPSA) is 103 Å². The maximum Gasteiger partial charge on any atom is 0.277 e. The Kier molecular flexibility index (Phi) is 7.47. The van der Waals surface area contributed by atoms with Crippen LogP contribution in [0.15, 0.2) is 63.1 Å². The molecule has 0 amide bonds. The minimum atomic E-state index is -3.60. The first-order valence-corrected chi connectivity index (χ1v) is 12.1. The van der Waals surface area contributed by atoms with Crippen LogP contribution in [0.5, 0.6) is 5.75 Å². The van der Waals surface area contributed by atoms with Crippen LogP contribution in [0.4, 0.5) is 0 Å². The number of carbonyl (C=O) groups is 1. The molecule has 0 saturated carbocycles. The summed E-state index contributed by atoms with van der Waals surface area (Å²) in [6.07, 6.45) is 0. The van der Waals surface area contributed by atoms with Crippen LogP contribution in [0.3, 0.4) is 0 Å². The highest BCUT2D eigenvalue weighted by atomic mass is 32.2. The predicted octanol–water partition coefficient (Wildman–Crippen LogP) is 3.75. The fourth-order valence-electron chi connectivity index (χ4n) is 2.97. The largest absolute Gasteiger partial charge is 0.496 e. The summed E-state index contributed by atoms with van der Waals surface area (Å²) < 4.78 is 37.8. The molecular weight excluding hydrogens is 438 g/mol. The van der Waals surface area contributed by atoms with Gasteiger partial charge in [-0.3, -0.25) is 4.79 Å². The van der Waals surface area contributed by atoms with Crippen molar-refractivity contribution >= 4 is 27.6 Å². The zero-order chi connectivity index (χ0) is 22.4. The first-order valence-electron chi connectivity index (χ1n) is 9.63. The van der Waals surface area contributed by atoms with Gasteiger partial charge in [-0.25, -0.2) is 8.42 Å². The molecule has 0 spiro atoms. The molecule has 0 fully saturated rings. The third-order valence-electron chi connectivity index (χ3n) is 4.56. The highest BCUT2D eigenvalue weighted by Gasteiger charge is 2.23. The van der Waals surface area contributed by atoms with Gasteiger partial charge in [-0.05, 0) is 30.3 Å². The SMILES string of the molecule is CCN(CC)S(=O)(=O)c1cccc(-c2nnc(SCC(=O)c3ccccc3OC)o2)c1. The van der Waals surface area contributed by atoms with E-state index in [0.717, 1.165) is 11.8 Å². The lowest BCUT2D eigenvalue weighted by atomic mass is 10.1. The molecule has 0 N–H and O–H groups in total. The monoisotopic (exact) mass is 461 g/mol. The number of rotatable bonds is 10. The summed E-state index contributed by atoms with van der Waals surface area (Å²) in [6.45, 7) is 4.34. The quantitative estimate of drug-likeness (QED) is 0.332. The third kappa shape index (κ3) is 5.15. The van der Waals surface area contributed by atoms with Gasteiger partial charge in [0.25, 0.3) is 5.22 Å². The van der Waals surface area contributed by atoms with Crippen molar-refractivity contribution in [3.05, 3.63) is 54.1 Å². The van der Waals surface area contributed by atoms with E-state index < -0.39 is 10.0 Å². The second-order valence-corrected chi connectivity index (χ2v) is 9.27. The number of hydrogen-bond donors (Lipinski definition) is 0. The summed E-state index contributed by atoms with van der Waals surface area (Å²) in [7, 11) is -2.09. The van der Waals surface area contributed by atoms with Gasteiger partial charge in [-0.2, -0.15) is 4.31 Å². The lowest BCUT2D eigenvalue weighted by molar-refractivity contribution is 0.101. The van der Waals surface area contributed by atoms with Gasteiger partial charge in [-0.15, -0.1) is 10.2 Å². The predicted molar refractivity (Wildman–Crippen MR) is 118 cm³/mol. The number of ether oxygens (including phenoxy) is 1. The van der Waals surface area contributed by atoms with Crippen LogP contribution in [0.1, 0.15) is 24.2 Å². The number of ketones is 1. The van der Waals surface area contributed by atoms with Crippen molar-refractivity contribution in [1.82, 2.24) is 14.5 Å². The molecule has 0 radical (unpaired) electrons. The first kappa shape index (κ1) is 23.0. The van der Waals surface area contributed by atoms with Crippen molar-refractivity contribution in [3.63, 3.8) is 0 Å². The van der Waals surface area contributed by atoms with E-state index in [1.165, 1.54) is 23.5 Å². The molecular formula is C21H23N3O5S2. The van der Waals surface area contributed by atoms with E-state index in [9.17, 15) is 13.2 Å². The molecule has 0 bridgehead atoms. The molecule has 0 unspecified atom stereocenters. The number of carbonyl (C=O) groups excluding carboxylic acids is 1. The number of benzene rings is 2. The number of methoxy groups -OCH3 is 1. The second kappa shape index (κ2) is 10.1. The molecule has 10 heteroatoms. The minimum Gasteiger partial charge on any atom is -0.496 e. The van der Waals surface area contributed by atoms with E-state index in [2.05, 4.69) is 10.2 Å². The molecule has 3 rings (SSSR count). The van der Waals surface area contributed by atoms with Crippen molar-refractivity contribution in [2.75, 3.05) is 26.0 Å². The van der Waals surface area contributed by atoms with E-state index in [1.807, 2.05) is 0 Å². The second-order valence-electron chi connectivity index (χ2n) is 6.40. The van der Waals surface area contributed by atoms with Gasteiger partial charge in [-0.1, -0.05) is 43.8 Å². The molecule has 0 aliphatic rings. The van der Waals surface area contributed by atoms with Gasteiger partial charge in [0.1, 0.15) is 5.75 Å². The Morgan fingerprint density at radius 2 is 1.84 bits per heavy atom. The maximum absolute atomic E-state index is 12.8. The molecule has 1 aromatic heterocycles. The molecule has 3 aromatic rings. The van der Waals surface area contributed by atoms with Crippen LogP contribution in [0.25, 0.3) is 11.5 Å². The zero-order valence-electron chi connectivity index (χ0n) is 17.4. The smallest absolute Gasteiger partial charge is 0.277 e. The standard InChI is InChI=1S/C21H23N3O5S2/c1-4-24(5-2)31(26,27)16-10-8-9-15(13-16)20-22-23-21(29-20)30-14-18(25)17-11-6-7-12-19(17)28-3/h6-13H,4-5,14H2,1-3H3. The van der Waals surface area contributed by atoms with E-state index in [1.54, 1.807) is 50.2 Å². The van der Waals surface area contributed by atoms with Crippen LogP contribution in [0.2, 0.25) is 0 Å². The number of nitrogens with zero attached hydrogens (tertiary/aromatic N) is 3. The van der Waals surface area contributed by atoms with Gasteiger partial charge in [0.2, 0.25) is 15.9 Å². The van der Waals surface area contributed by atoms with Gasteiger partial charge < -0.3 is 9.15 Å². The molecule has 1 heterocycles. The Morgan fingerprint density at radius 3 is 2.55 bits per heavy atom. The van der Waals surface area contributed by atoms with Crippen LogP contribution in [0, 0.1) is 0 Å². The van der Waals surface area contributed by atoms with Gasteiger partial charge >= 0.3 is 0 Å². The minimum absolute atomic E-state index is 0.0956. The normalized spacial score (nSPS) is 11.6. The van der Waals surface area contributed by atoms with Crippen molar-refractivity contribution < 1.29 is 22.4 Å². The number of para-hydroxylation sites is 1. The van der Waals surface area contributed by atoms with Crippen molar-refractivity contribution in [1.29, 1.82) is 0 Å². The number of hydrogen-bond acceptors (Lipinski definition) is 8. The first-order chi connectivity index (χ1) is 14.9. The zero-order valence-corrected chi connectivity index (χ0v) is 19.1. The van der Waals surface area contributed by atoms with Crippen molar-refractivity contribution in [3.8, 4) is 17.2 Å². The molecule has 164 valence electrons. The summed E-state index contributed by atoms with van der Waals surface area (Å²) in [5.41, 5.74) is 0.968. The van der Waals surface area contributed by atoms with Gasteiger partial charge in [0, 0.05) is 18.7 Å². The van der Waals surface area contributed by atoms with Crippen molar-refractivity contribution in [2.24, 2.45) is 0 Å². The van der Waals surface area contributed by atoms with Crippen LogP contribution < -0.4 is 4.74 Å². The summed E-state index contributed by atoms with van der Waals surface area (Å²) in [6, 6.07) is 13.4. The van der Waals surface area contributed by atoms with Crippen LogP contribution in [-0.2, 0) is 10.0 Å². The molecule has 31 heavy (non-hydrogen) atoms. The Labute approximate surface area is 185 Å². The lowest BCUT2D eigenvalue weighted by Crippen LogP contribution is -2.30. The van der Waals surface area contributed by atoms with E-state index >= 15 is 0 Å². The molecule has 0 saturated heterocycles. The fraction of sp³-hybridized carbons (Fsp3) is 0.286. The fourth-order valence-corrected chi connectivity index (χ4v) is 5.12.